The second-order valence-electron chi connectivity index (χ2n) is 5.88. The summed E-state index contributed by atoms with van der Waals surface area (Å²) in [5.41, 5.74) is 2.31. The average molecular weight is 403 g/mol. The van der Waals surface area contributed by atoms with Crippen molar-refractivity contribution in [2.24, 2.45) is 0 Å². The van der Waals surface area contributed by atoms with Gasteiger partial charge < -0.3 is 9.47 Å². The van der Waals surface area contributed by atoms with E-state index in [-0.39, 0.29) is 5.97 Å². The van der Waals surface area contributed by atoms with E-state index in [0.717, 1.165) is 38.7 Å². The highest BCUT2D eigenvalue weighted by molar-refractivity contribution is 7.99. The van der Waals surface area contributed by atoms with Gasteiger partial charge in [0.25, 0.3) is 0 Å². The van der Waals surface area contributed by atoms with E-state index in [1.165, 1.54) is 17.6 Å². The maximum Gasteiger partial charge on any atom is 0.305 e. The van der Waals surface area contributed by atoms with Crippen LogP contribution in [0.25, 0.3) is 21.3 Å². The minimum absolute atomic E-state index is 0.176. The zero-order valence-corrected chi connectivity index (χ0v) is 17.3. The summed E-state index contributed by atoms with van der Waals surface area (Å²) in [6.45, 7) is 4.75. The Bertz CT molecular complexity index is 923. The zero-order chi connectivity index (χ0) is 19.2. The van der Waals surface area contributed by atoms with Gasteiger partial charge in [0, 0.05) is 22.6 Å². The van der Waals surface area contributed by atoms with Crippen molar-refractivity contribution in [2.45, 2.75) is 31.7 Å². The summed E-state index contributed by atoms with van der Waals surface area (Å²) in [5.74, 6) is 1.50. The molecule has 0 unspecified atom stereocenters. The number of benzene rings is 1. The Morgan fingerprint density at radius 2 is 2.00 bits per heavy atom. The normalized spacial score (nSPS) is 10.9. The molecule has 142 valence electrons. The van der Waals surface area contributed by atoms with Gasteiger partial charge in [0.15, 0.2) is 0 Å². The fourth-order valence-electron chi connectivity index (χ4n) is 2.85. The number of thioether (sulfide) groups is 1. The van der Waals surface area contributed by atoms with Crippen molar-refractivity contribution in [2.75, 3.05) is 19.5 Å². The standard InChI is InChI=1S/C20H22N2O3S2/c1-4-25-15-9-7-14(8-10-15)17-13(2)27-20-18(17)19(21-12-22-20)26-11-5-6-16(23)24-3/h7-10,12H,4-6,11H2,1-3H3. The summed E-state index contributed by atoms with van der Waals surface area (Å²) in [6, 6.07) is 8.15. The topological polar surface area (TPSA) is 61.3 Å². The average Bonchev–Trinajstić information content (AvgIpc) is 3.02. The minimum Gasteiger partial charge on any atom is -0.494 e. The SMILES string of the molecule is CCOc1ccc(-c2c(C)sc3ncnc(SCCCC(=O)OC)c23)cc1. The second kappa shape index (κ2) is 9.19. The van der Waals surface area contributed by atoms with Gasteiger partial charge in [-0.1, -0.05) is 12.1 Å². The molecule has 0 aliphatic rings. The number of carbonyl (C=O) groups excluding carboxylic acids is 1. The Hall–Kier alpha value is -2.12. The van der Waals surface area contributed by atoms with Gasteiger partial charge in [-0.2, -0.15) is 0 Å². The van der Waals surface area contributed by atoms with Crippen molar-refractivity contribution in [3.63, 3.8) is 0 Å². The number of aryl methyl sites for hydroxylation is 1. The van der Waals surface area contributed by atoms with Crippen LogP contribution in [0.3, 0.4) is 0 Å². The largest absolute Gasteiger partial charge is 0.494 e. The summed E-state index contributed by atoms with van der Waals surface area (Å²) in [6.07, 6.45) is 2.79. The van der Waals surface area contributed by atoms with Crippen LogP contribution in [-0.2, 0) is 9.53 Å². The fraction of sp³-hybridized carbons (Fsp3) is 0.350. The fourth-order valence-corrected chi connectivity index (χ4v) is 4.87. The number of rotatable bonds is 8. The number of aromatic nitrogens is 2. The molecule has 0 bridgehead atoms. The Morgan fingerprint density at radius 3 is 2.70 bits per heavy atom. The van der Waals surface area contributed by atoms with Gasteiger partial charge in [0.05, 0.1) is 19.1 Å². The van der Waals surface area contributed by atoms with Crippen LogP contribution in [0.5, 0.6) is 5.75 Å². The van der Waals surface area contributed by atoms with Crippen molar-refractivity contribution in [3.05, 3.63) is 35.5 Å². The summed E-state index contributed by atoms with van der Waals surface area (Å²) in [5, 5.41) is 2.05. The van der Waals surface area contributed by atoms with E-state index >= 15 is 0 Å². The molecule has 5 nitrogen and oxygen atoms in total. The molecule has 0 spiro atoms. The molecule has 0 amide bonds. The zero-order valence-electron chi connectivity index (χ0n) is 15.7. The number of hydrogen-bond acceptors (Lipinski definition) is 7. The number of nitrogens with zero attached hydrogens (tertiary/aromatic N) is 2. The number of methoxy groups -OCH3 is 1. The Labute approximate surface area is 167 Å². The number of fused-ring (bicyclic) bond motifs is 1. The van der Waals surface area contributed by atoms with E-state index in [2.05, 4.69) is 29.0 Å². The second-order valence-corrected chi connectivity index (χ2v) is 8.16. The molecule has 27 heavy (non-hydrogen) atoms. The highest BCUT2D eigenvalue weighted by Gasteiger charge is 2.17. The lowest BCUT2D eigenvalue weighted by molar-refractivity contribution is -0.140. The molecule has 0 N–H and O–H groups in total. The Balaban J connectivity index is 1.89. The molecule has 3 aromatic rings. The molecule has 7 heteroatoms. The van der Waals surface area contributed by atoms with Crippen molar-refractivity contribution >= 4 is 39.3 Å². The van der Waals surface area contributed by atoms with Crippen molar-refractivity contribution in [1.29, 1.82) is 0 Å². The van der Waals surface area contributed by atoms with Gasteiger partial charge in [-0.05, 0) is 38.0 Å². The minimum atomic E-state index is -0.176. The van der Waals surface area contributed by atoms with Crippen LogP contribution in [0.15, 0.2) is 35.6 Å². The first kappa shape index (κ1) is 19.6. The van der Waals surface area contributed by atoms with Gasteiger partial charge in [0.1, 0.15) is 21.9 Å². The van der Waals surface area contributed by atoms with Gasteiger partial charge in [-0.15, -0.1) is 23.1 Å². The highest BCUT2D eigenvalue weighted by atomic mass is 32.2. The third-order valence-electron chi connectivity index (χ3n) is 4.08. The number of thiophene rings is 1. The lowest BCUT2D eigenvalue weighted by Crippen LogP contribution is -2.00. The van der Waals surface area contributed by atoms with Gasteiger partial charge in [-0.3, -0.25) is 4.79 Å². The summed E-state index contributed by atoms with van der Waals surface area (Å²) >= 11 is 3.34. The number of carbonyl (C=O) groups is 1. The first-order valence-corrected chi connectivity index (χ1v) is 10.6. The molecule has 0 aliphatic carbocycles. The monoisotopic (exact) mass is 402 g/mol. The molecular formula is C20H22N2O3S2. The van der Waals surface area contributed by atoms with E-state index in [1.54, 1.807) is 29.4 Å². The third kappa shape index (κ3) is 4.59. The molecule has 0 fully saturated rings. The van der Waals surface area contributed by atoms with Gasteiger partial charge >= 0.3 is 5.97 Å². The molecule has 1 aromatic carbocycles. The number of esters is 1. The van der Waals surface area contributed by atoms with Crippen molar-refractivity contribution in [1.82, 2.24) is 9.97 Å². The lowest BCUT2D eigenvalue weighted by Gasteiger charge is -2.08. The van der Waals surface area contributed by atoms with Crippen molar-refractivity contribution < 1.29 is 14.3 Å². The summed E-state index contributed by atoms with van der Waals surface area (Å²) < 4.78 is 10.2. The van der Waals surface area contributed by atoms with E-state index in [4.69, 9.17) is 9.47 Å². The van der Waals surface area contributed by atoms with Crippen LogP contribution in [0.1, 0.15) is 24.6 Å². The quantitative estimate of drug-likeness (QED) is 0.226. The van der Waals surface area contributed by atoms with Crippen LogP contribution in [-0.4, -0.2) is 35.4 Å². The highest BCUT2D eigenvalue weighted by Crippen LogP contribution is 2.41. The van der Waals surface area contributed by atoms with Crippen LogP contribution in [0.4, 0.5) is 0 Å². The van der Waals surface area contributed by atoms with Crippen LogP contribution in [0.2, 0.25) is 0 Å². The maximum absolute atomic E-state index is 11.3. The van der Waals surface area contributed by atoms with E-state index in [9.17, 15) is 4.79 Å². The van der Waals surface area contributed by atoms with Crippen LogP contribution >= 0.6 is 23.1 Å². The molecule has 2 heterocycles. The molecule has 0 saturated carbocycles. The van der Waals surface area contributed by atoms with Crippen molar-refractivity contribution in [3.8, 4) is 16.9 Å². The predicted octanol–water partition coefficient (Wildman–Crippen LogP) is 5.11. The molecule has 3 rings (SSSR count). The molecule has 0 saturated heterocycles. The third-order valence-corrected chi connectivity index (χ3v) is 6.16. The summed E-state index contributed by atoms with van der Waals surface area (Å²) in [4.78, 5) is 22.5. The molecular weight excluding hydrogens is 380 g/mol. The van der Waals surface area contributed by atoms with E-state index in [1.807, 2.05) is 19.1 Å². The van der Waals surface area contributed by atoms with Crippen LogP contribution in [0, 0.1) is 6.92 Å². The smallest absolute Gasteiger partial charge is 0.305 e. The molecule has 0 atom stereocenters. The maximum atomic E-state index is 11.3. The molecule has 0 aliphatic heterocycles. The first-order valence-electron chi connectivity index (χ1n) is 8.81. The Morgan fingerprint density at radius 1 is 1.22 bits per heavy atom. The van der Waals surface area contributed by atoms with E-state index < -0.39 is 0 Å². The van der Waals surface area contributed by atoms with Crippen LogP contribution < -0.4 is 4.74 Å². The number of hydrogen-bond donors (Lipinski definition) is 0. The van der Waals surface area contributed by atoms with E-state index in [0.29, 0.717) is 13.0 Å². The summed E-state index contributed by atoms with van der Waals surface area (Å²) in [7, 11) is 1.42. The number of ether oxygens (including phenoxy) is 2. The predicted molar refractivity (Wildman–Crippen MR) is 111 cm³/mol. The molecule has 2 aromatic heterocycles. The van der Waals surface area contributed by atoms with Gasteiger partial charge in [0.2, 0.25) is 0 Å². The lowest BCUT2D eigenvalue weighted by atomic mass is 10.0. The first-order chi connectivity index (χ1) is 13.1. The molecule has 0 radical (unpaired) electrons. The van der Waals surface area contributed by atoms with Gasteiger partial charge in [-0.25, -0.2) is 9.97 Å². The Kier molecular flexibility index (Phi) is 6.68.